The minimum absolute atomic E-state index is 0.454. The molecule has 0 aromatic carbocycles. The maximum absolute atomic E-state index is 12.9. The summed E-state index contributed by atoms with van der Waals surface area (Å²) in [4.78, 5) is 12.3. The molecule has 1 amide bonds. The molecule has 10 heteroatoms. The van der Waals surface area contributed by atoms with Crippen molar-refractivity contribution in [3.63, 3.8) is 0 Å². The summed E-state index contributed by atoms with van der Waals surface area (Å²) in [6.07, 6.45) is -2.91. The number of halogens is 4. The Bertz CT molecular complexity index is 765. The zero-order valence-electron chi connectivity index (χ0n) is 13.6. The highest BCUT2D eigenvalue weighted by molar-refractivity contribution is 6.34. The van der Waals surface area contributed by atoms with Crippen LogP contribution in [0, 0.1) is 6.92 Å². The third-order valence-electron chi connectivity index (χ3n) is 3.60. The van der Waals surface area contributed by atoms with Gasteiger partial charge in [0.15, 0.2) is 11.4 Å². The summed E-state index contributed by atoms with van der Waals surface area (Å²) in [6.45, 7) is 6.09. The number of nitrogens with one attached hydrogen (secondary N) is 1. The molecule has 0 aliphatic rings. The molecule has 1 atom stereocenters. The second-order valence-electron chi connectivity index (χ2n) is 5.35. The van der Waals surface area contributed by atoms with E-state index in [-0.39, 0.29) is 0 Å². The summed E-state index contributed by atoms with van der Waals surface area (Å²) in [5, 5.41) is 9.76. The highest BCUT2D eigenvalue weighted by atomic mass is 35.5. The summed E-state index contributed by atoms with van der Waals surface area (Å²) in [5.41, 5.74) is -0.114. The lowest BCUT2D eigenvalue weighted by Gasteiger charge is -2.12. The zero-order valence-corrected chi connectivity index (χ0v) is 14.3. The lowest BCUT2D eigenvalue weighted by molar-refractivity contribution is -0.143. The SMILES string of the molecule is CCn1cc(C(C)NC(=O)c2nn(C)c(C(F)(F)F)c2Cl)c(C)n1. The Balaban J connectivity index is 2.25. The largest absolute Gasteiger partial charge is 0.434 e. The van der Waals surface area contributed by atoms with Crippen LogP contribution in [-0.4, -0.2) is 25.5 Å². The molecule has 0 spiro atoms. The van der Waals surface area contributed by atoms with Crippen molar-refractivity contribution < 1.29 is 18.0 Å². The molecule has 1 unspecified atom stereocenters. The van der Waals surface area contributed by atoms with E-state index in [9.17, 15) is 18.0 Å². The minimum Gasteiger partial charge on any atom is -0.344 e. The first-order valence-corrected chi connectivity index (χ1v) is 7.58. The van der Waals surface area contributed by atoms with Gasteiger partial charge in [-0.25, -0.2) is 0 Å². The average Bonchev–Trinajstić information content (AvgIpc) is 2.98. The standard InChI is InChI=1S/C14H17ClF3N5O/c1-5-23-6-9(8(3)20-23)7(2)19-13(24)11-10(15)12(14(16,17)18)22(4)21-11/h6-7H,5H2,1-4H3,(H,19,24). The molecule has 132 valence electrons. The number of carbonyl (C=O) groups excluding carboxylic acids is 1. The van der Waals surface area contributed by atoms with Crippen LogP contribution < -0.4 is 5.32 Å². The fourth-order valence-electron chi connectivity index (χ4n) is 2.41. The molecular weight excluding hydrogens is 347 g/mol. The van der Waals surface area contributed by atoms with E-state index >= 15 is 0 Å². The van der Waals surface area contributed by atoms with Crippen LogP contribution in [0.2, 0.25) is 5.02 Å². The molecule has 0 aliphatic heterocycles. The Kier molecular flexibility index (Phi) is 4.93. The van der Waals surface area contributed by atoms with Crippen LogP contribution in [-0.2, 0) is 19.8 Å². The molecule has 0 saturated heterocycles. The monoisotopic (exact) mass is 363 g/mol. The highest BCUT2D eigenvalue weighted by Gasteiger charge is 2.40. The van der Waals surface area contributed by atoms with Gasteiger partial charge in [0, 0.05) is 25.4 Å². The molecule has 0 aliphatic carbocycles. The van der Waals surface area contributed by atoms with Gasteiger partial charge >= 0.3 is 6.18 Å². The number of carbonyl (C=O) groups is 1. The van der Waals surface area contributed by atoms with Gasteiger partial charge in [-0.05, 0) is 20.8 Å². The van der Waals surface area contributed by atoms with E-state index in [1.165, 1.54) is 0 Å². The van der Waals surface area contributed by atoms with Crippen molar-refractivity contribution in [2.24, 2.45) is 7.05 Å². The van der Waals surface area contributed by atoms with Crippen LogP contribution in [0.3, 0.4) is 0 Å². The summed E-state index contributed by atoms with van der Waals surface area (Å²) >= 11 is 5.72. The third kappa shape index (κ3) is 3.40. The second-order valence-corrected chi connectivity index (χ2v) is 5.73. The summed E-state index contributed by atoms with van der Waals surface area (Å²) in [5.74, 6) is -0.776. The number of hydrogen-bond acceptors (Lipinski definition) is 3. The maximum atomic E-state index is 12.9. The van der Waals surface area contributed by atoms with Crippen molar-refractivity contribution in [2.75, 3.05) is 0 Å². The van der Waals surface area contributed by atoms with E-state index in [0.29, 0.717) is 11.2 Å². The predicted molar refractivity (Wildman–Crippen MR) is 81.7 cm³/mol. The van der Waals surface area contributed by atoms with Gasteiger partial charge in [0.05, 0.1) is 11.7 Å². The van der Waals surface area contributed by atoms with Gasteiger partial charge in [-0.1, -0.05) is 11.6 Å². The van der Waals surface area contributed by atoms with Gasteiger partial charge in [-0.15, -0.1) is 0 Å². The molecule has 0 radical (unpaired) electrons. The number of alkyl halides is 3. The Hall–Kier alpha value is -2.03. The maximum Gasteiger partial charge on any atom is 0.434 e. The summed E-state index contributed by atoms with van der Waals surface area (Å²) in [7, 11) is 1.09. The fraction of sp³-hybridized carbons (Fsp3) is 0.500. The van der Waals surface area contributed by atoms with E-state index in [1.54, 1.807) is 24.7 Å². The van der Waals surface area contributed by atoms with Crippen molar-refractivity contribution in [1.82, 2.24) is 24.9 Å². The number of nitrogens with zero attached hydrogens (tertiary/aromatic N) is 4. The third-order valence-corrected chi connectivity index (χ3v) is 3.95. The summed E-state index contributed by atoms with van der Waals surface area (Å²) in [6, 6.07) is -0.454. The van der Waals surface area contributed by atoms with Crippen LogP contribution in [0.4, 0.5) is 13.2 Å². The molecule has 0 saturated carbocycles. The highest BCUT2D eigenvalue weighted by Crippen LogP contribution is 2.36. The number of hydrogen-bond donors (Lipinski definition) is 1. The molecule has 2 aromatic rings. The molecule has 2 heterocycles. The second kappa shape index (κ2) is 6.46. The first-order chi connectivity index (χ1) is 11.1. The smallest absolute Gasteiger partial charge is 0.344 e. The van der Waals surface area contributed by atoms with Crippen molar-refractivity contribution in [1.29, 1.82) is 0 Å². The lowest BCUT2D eigenvalue weighted by Crippen LogP contribution is -2.27. The minimum atomic E-state index is -4.69. The molecule has 2 rings (SSSR count). The van der Waals surface area contributed by atoms with Gasteiger partial charge in [-0.3, -0.25) is 14.2 Å². The first-order valence-electron chi connectivity index (χ1n) is 7.20. The topological polar surface area (TPSA) is 64.7 Å². The fourth-order valence-corrected chi connectivity index (χ4v) is 2.77. The normalized spacial score (nSPS) is 13.2. The van der Waals surface area contributed by atoms with Crippen LogP contribution in [0.25, 0.3) is 0 Å². The Morgan fingerprint density at radius 1 is 1.42 bits per heavy atom. The van der Waals surface area contributed by atoms with Gasteiger partial charge < -0.3 is 5.32 Å². The van der Waals surface area contributed by atoms with Crippen molar-refractivity contribution in [2.45, 2.75) is 39.5 Å². The van der Waals surface area contributed by atoms with Crippen molar-refractivity contribution in [3.05, 3.63) is 33.9 Å². The lowest BCUT2D eigenvalue weighted by atomic mass is 10.1. The molecule has 0 bridgehead atoms. The number of aromatic nitrogens is 4. The molecule has 24 heavy (non-hydrogen) atoms. The molecule has 0 fully saturated rings. The zero-order chi connectivity index (χ0) is 18.2. The van der Waals surface area contributed by atoms with E-state index in [4.69, 9.17) is 11.6 Å². The van der Waals surface area contributed by atoms with Crippen molar-refractivity contribution in [3.8, 4) is 0 Å². The Labute approximate surface area is 141 Å². The number of aryl methyl sites for hydroxylation is 3. The predicted octanol–water partition coefficient (Wildman–Crippen LogP) is 3.11. The Morgan fingerprint density at radius 3 is 2.50 bits per heavy atom. The van der Waals surface area contributed by atoms with E-state index in [2.05, 4.69) is 15.5 Å². The van der Waals surface area contributed by atoms with Gasteiger partial charge in [0.25, 0.3) is 5.91 Å². The van der Waals surface area contributed by atoms with E-state index in [0.717, 1.165) is 18.3 Å². The molecule has 6 nitrogen and oxygen atoms in total. The Morgan fingerprint density at radius 2 is 2.04 bits per heavy atom. The van der Waals surface area contributed by atoms with E-state index in [1.807, 2.05) is 6.92 Å². The summed E-state index contributed by atoms with van der Waals surface area (Å²) < 4.78 is 41.0. The quantitative estimate of drug-likeness (QED) is 0.907. The molecule has 2 aromatic heterocycles. The molecule has 1 N–H and O–H groups in total. The first kappa shape index (κ1) is 18.3. The van der Waals surface area contributed by atoms with Gasteiger partial charge in [-0.2, -0.15) is 23.4 Å². The van der Waals surface area contributed by atoms with Crippen LogP contribution in [0.15, 0.2) is 6.20 Å². The molecular formula is C14H17ClF3N5O. The van der Waals surface area contributed by atoms with Crippen molar-refractivity contribution >= 4 is 17.5 Å². The van der Waals surface area contributed by atoms with Crippen LogP contribution in [0.5, 0.6) is 0 Å². The number of rotatable bonds is 4. The number of amides is 1. The van der Waals surface area contributed by atoms with Crippen LogP contribution in [0.1, 0.15) is 47.3 Å². The average molecular weight is 364 g/mol. The van der Waals surface area contributed by atoms with Gasteiger partial charge in [0.1, 0.15) is 5.02 Å². The van der Waals surface area contributed by atoms with Crippen LogP contribution >= 0.6 is 11.6 Å². The van der Waals surface area contributed by atoms with Gasteiger partial charge in [0.2, 0.25) is 0 Å². The van der Waals surface area contributed by atoms with E-state index < -0.39 is 34.5 Å².